The minimum absolute atomic E-state index is 0.144. The van der Waals surface area contributed by atoms with Crippen molar-refractivity contribution in [3.8, 4) is 0 Å². The summed E-state index contributed by atoms with van der Waals surface area (Å²) in [7, 11) is -1.90. The van der Waals surface area contributed by atoms with E-state index in [1.54, 1.807) is 0 Å². The molecule has 3 aromatic carbocycles. The van der Waals surface area contributed by atoms with Crippen molar-refractivity contribution in [1.82, 2.24) is 5.32 Å². The van der Waals surface area contributed by atoms with Crippen LogP contribution in [0.2, 0.25) is 18.1 Å². The Balaban J connectivity index is 1.85. The highest BCUT2D eigenvalue weighted by molar-refractivity contribution is 6.74. The molecule has 0 spiro atoms. The van der Waals surface area contributed by atoms with E-state index in [4.69, 9.17) is 9.16 Å². The fourth-order valence-electron chi connectivity index (χ4n) is 4.17. The van der Waals surface area contributed by atoms with Crippen molar-refractivity contribution in [1.29, 1.82) is 0 Å². The lowest BCUT2D eigenvalue weighted by Gasteiger charge is -2.37. The normalized spacial score (nSPS) is 14.4. The second-order valence-corrected chi connectivity index (χ2v) is 17.9. The number of ether oxygens (including phenoxy) is 1. The van der Waals surface area contributed by atoms with E-state index in [2.05, 4.69) is 118 Å². The summed E-state index contributed by atoms with van der Waals surface area (Å²) in [6.07, 6.45) is 5.49. The van der Waals surface area contributed by atoms with Crippen LogP contribution in [-0.2, 0) is 22.0 Å². The van der Waals surface area contributed by atoms with E-state index in [0.29, 0.717) is 13.0 Å². The molecule has 0 fully saturated rings. The molecule has 0 radical (unpaired) electrons. The molecule has 4 nitrogen and oxygen atoms in total. The Bertz CT molecular complexity index is 1240. The van der Waals surface area contributed by atoms with Gasteiger partial charge in [-0.2, -0.15) is 0 Å². The van der Waals surface area contributed by atoms with Crippen molar-refractivity contribution in [2.75, 3.05) is 6.61 Å². The van der Waals surface area contributed by atoms with Crippen molar-refractivity contribution in [3.63, 3.8) is 0 Å². The molecule has 2 atom stereocenters. The van der Waals surface area contributed by atoms with Crippen LogP contribution in [0.15, 0.2) is 84.9 Å². The van der Waals surface area contributed by atoms with Crippen molar-refractivity contribution in [2.45, 2.75) is 84.2 Å². The van der Waals surface area contributed by atoms with Gasteiger partial charge in [-0.3, -0.25) is 0 Å². The van der Waals surface area contributed by atoms with Crippen LogP contribution in [0.25, 0.3) is 10.8 Å². The Morgan fingerprint density at radius 2 is 1.46 bits per heavy atom. The number of carbonyl (C=O) groups excluding carboxylic acids is 1. The first-order valence-electron chi connectivity index (χ1n) is 14.1. The van der Waals surface area contributed by atoms with Crippen LogP contribution in [0.1, 0.15) is 52.7 Å². The van der Waals surface area contributed by atoms with Gasteiger partial charge in [-0.1, -0.05) is 106 Å². The lowest BCUT2D eigenvalue weighted by atomic mass is 9.97. The van der Waals surface area contributed by atoms with Crippen LogP contribution in [0.4, 0.5) is 4.79 Å². The second-order valence-electron chi connectivity index (χ2n) is 13.0. The first-order valence-corrected chi connectivity index (χ1v) is 17.0. The first-order chi connectivity index (χ1) is 18.2. The number of nitrogens with one attached hydrogen (secondary N) is 1. The Kier molecular flexibility index (Phi) is 10.2. The standard InChI is InChI=1S/C34H47NO3Si/c1-33(2,3)38-32(36)35-31(24-27-18-20-29-16-12-13-17-30(29)23-27)21-19-28(22-26-14-10-9-11-15-26)25-37-39(7,8)34(4,5)6/h9-21,23,28,31H,22,24-25H2,1-8H3,(H,35,36)/t28?,31-/m0/s1. The number of alkyl carbamates (subject to hydrolysis) is 1. The molecular formula is C34H47NO3Si. The van der Waals surface area contributed by atoms with Crippen LogP contribution in [0, 0.1) is 5.92 Å². The predicted octanol–water partition coefficient (Wildman–Crippen LogP) is 8.71. The maximum atomic E-state index is 12.8. The zero-order valence-corrected chi connectivity index (χ0v) is 26.1. The summed E-state index contributed by atoms with van der Waals surface area (Å²) < 4.78 is 12.3. The lowest BCUT2D eigenvalue weighted by molar-refractivity contribution is 0.0514. The van der Waals surface area contributed by atoms with Gasteiger partial charge in [0.1, 0.15) is 5.60 Å². The summed E-state index contributed by atoms with van der Waals surface area (Å²) >= 11 is 0. The average molecular weight is 546 g/mol. The van der Waals surface area contributed by atoms with E-state index in [1.165, 1.54) is 16.3 Å². The number of hydrogen-bond donors (Lipinski definition) is 1. The largest absolute Gasteiger partial charge is 0.444 e. The number of amides is 1. The van der Waals surface area contributed by atoms with Gasteiger partial charge in [0, 0.05) is 12.5 Å². The van der Waals surface area contributed by atoms with Gasteiger partial charge >= 0.3 is 6.09 Å². The van der Waals surface area contributed by atoms with Gasteiger partial charge in [-0.25, -0.2) is 4.79 Å². The van der Waals surface area contributed by atoms with Gasteiger partial charge in [0.2, 0.25) is 0 Å². The summed E-state index contributed by atoms with van der Waals surface area (Å²) in [6, 6.07) is 25.2. The topological polar surface area (TPSA) is 47.6 Å². The van der Waals surface area contributed by atoms with Crippen LogP contribution in [-0.4, -0.2) is 32.7 Å². The molecule has 1 amide bonds. The van der Waals surface area contributed by atoms with E-state index in [1.807, 2.05) is 26.8 Å². The SMILES string of the molecule is CC(C)(C)OC(=O)N[C@@H](C=CC(CO[Si](C)(C)C(C)(C)C)Cc1ccccc1)Cc1ccc2ccccc2c1. The van der Waals surface area contributed by atoms with E-state index >= 15 is 0 Å². The summed E-state index contributed by atoms with van der Waals surface area (Å²) in [5.41, 5.74) is 1.88. The fraction of sp³-hybridized carbons (Fsp3) is 0.441. The Morgan fingerprint density at radius 3 is 2.10 bits per heavy atom. The number of benzene rings is 3. The second kappa shape index (κ2) is 13.0. The van der Waals surface area contributed by atoms with Gasteiger partial charge in [-0.15, -0.1) is 0 Å². The molecule has 0 aliphatic rings. The van der Waals surface area contributed by atoms with Crippen molar-refractivity contribution >= 4 is 25.2 Å². The van der Waals surface area contributed by atoms with Crippen LogP contribution in [0.3, 0.4) is 0 Å². The lowest BCUT2D eigenvalue weighted by Crippen LogP contribution is -2.42. The summed E-state index contributed by atoms with van der Waals surface area (Å²) in [4.78, 5) is 12.8. The Hall–Kier alpha value is -2.89. The number of hydrogen-bond acceptors (Lipinski definition) is 3. The molecule has 3 aromatic rings. The molecule has 0 saturated heterocycles. The molecule has 0 bridgehead atoms. The monoisotopic (exact) mass is 545 g/mol. The highest BCUT2D eigenvalue weighted by Gasteiger charge is 2.37. The predicted molar refractivity (Wildman–Crippen MR) is 167 cm³/mol. The van der Waals surface area contributed by atoms with Crippen molar-refractivity contribution < 1.29 is 14.0 Å². The zero-order valence-electron chi connectivity index (χ0n) is 25.1. The van der Waals surface area contributed by atoms with Crippen LogP contribution < -0.4 is 5.32 Å². The van der Waals surface area contributed by atoms with E-state index < -0.39 is 20.0 Å². The maximum Gasteiger partial charge on any atom is 0.408 e. The Morgan fingerprint density at radius 1 is 0.821 bits per heavy atom. The van der Waals surface area contributed by atoms with Crippen molar-refractivity contribution in [2.24, 2.45) is 5.92 Å². The molecule has 5 heteroatoms. The molecule has 0 aliphatic heterocycles. The van der Waals surface area contributed by atoms with Crippen LogP contribution in [0.5, 0.6) is 0 Å². The molecule has 0 heterocycles. The molecule has 210 valence electrons. The molecule has 0 aliphatic carbocycles. The van der Waals surface area contributed by atoms with Crippen LogP contribution >= 0.6 is 0 Å². The molecule has 3 rings (SSSR count). The summed E-state index contributed by atoms with van der Waals surface area (Å²) in [6.45, 7) is 17.7. The van der Waals surface area contributed by atoms with Crippen molar-refractivity contribution in [3.05, 3.63) is 96.1 Å². The van der Waals surface area contributed by atoms with Gasteiger partial charge in [0.05, 0.1) is 6.04 Å². The minimum atomic E-state index is -1.90. The fourth-order valence-corrected chi connectivity index (χ4v) is 5.23. The summed E-state index contributed by atoms with van der Waals surface area (Å²) in [5.74, 6) is 0.182. The number of carbonyl (C=O) groups is 1. The number of fused-ring (bicyclic) bond motifs is 1. The molecule has 0 saturated carbocycles. The van der Waals surface area contributed by atoms with Gasteiger partial charge < -0.3 is 14.5 Å². The highest BCUT2D eigenvalue weighted by atomic mass is 28.4. The Labute approximate surface area is 236 Å². The first kappa shape index (κ1) is 30.6. The zero-order chi connectivity index (χ0) is 28.7. The average Bonchev–Trinajstić information content (AvgIpc) is 2.84. The highest BCUT2D eigenvalue weighted by Crippen LogP contribution is 2.37. The molecule has 39 heavy (non-hydrogen) atoms. The van der Waals surface area contributed by atoms with Gasteiger partial charge in [0.15, 0.2) is 8.32 Å². The van der Waals surface area contributed by atoms with Gasteiger partial charge in [-0.05, 0) is 73.6 Å². The smallest absolute Gasteiger partial charge is 0.408 e. The molecule has 0 aromatic heterocycles. The molecule has 1 unspecified atom stereocenters. The third-order valence-corrected chi connectivity index (χ3v) is 11.9. The van der Waals surface area contributed by atoms with E-state index in [-0.39, 0.29) is 17.0 Å². The minimum Gasteiger partial charge on any atom is -0.444 e. The third-order valence-electron chi connectivity index (χ3n) is 7.39. The maximum absolute atomic E-state index is 12.8. The molecule has 1 N–H and O–H groups in total. The van der Waals surface area contributed by atoms with Gasteiger partial charge in [0.25, 0.3) is 0 Å². The quantitative estimate of drug-likeness (QED) is 0.205. The summed E-state index contributed by atoms with van der Waals surface area (Å²) in [5, 5.41) is 5.65. The molecular weight excluding hydrogens is 498 g/mol. The van der Waals surface area contributed by atoms with E-state index in [9.17, 15) is 4.79 Å². The third kappa shape index (κ3) is 9.98. The van der Waals surface area contributed by atoms with E-state index in [0.717, 1.165) is 12.0 Å². The number of rotatable bonds is 10.